The molecular weight excluding hydrogens is 301 g/mol. The molecule has 0 radical (unpaired) electrons. The zero-order valence-corrected chi connectivity index (χ0v) is 11.8. The van der Waals surface area contributed by atoms with E-state index in [0.717, 1.165) is 17.8 Å². The molecule has 2 rings (SSSR count). The molecule has 1 aromatic heterocycles. The van der Waals surface area contributed by atoms with Crippen molar-refractivity contribution in [3.8, 4) is 12.0 Å². The number of methoxy groups -OCH3 is 2. The van der Waals surface area contributed by atoms with Crippen LogP contribution in [0.15, 0.2) is 28.3 Å². The van der Waals surface area contributed by atoms with Gasteiger partial charge in [-0.3, -0.25) is 0 Å². The SMILES string of the molecule is COc1nc(OC)nc(Sc2cc(C(=O)O)ccc2F)n1. The third-order valence-electron chi connectivity index (χ3n) is 2.32. The highest BCUT2D eigenvalue weighted by Gasteiger charge is 2.13. The van der Waals surface area contributed by atoms with E-state index in [1.165, 1.54) is 26.4 Å². The Morgan fingerprint density at radius 2 is 1.81 bits per heavy atom. The highest BCUT2D eigenvalue weighted by molar-refractivity contribution is 7.99. The van der Waals surface area contributed by atoms with E-state index in [9.17, 15) is 9.18 Å². The molecule has 0 bridgehead atoms. The second-order valence-electron chi connectivity index (χ2n) is 3.64. The van der Waals surface area contributed by atoms with Gasteiger partial charge in [0.15, 0.2) is 0 Å². The monoisotopic (exact) mass is 311 g/mol. The maximum Gasteiger partial charge on any atom is 0.335 e. The van der Waals surface area contributed by atoms with Gasteiger partial charge in [0, 0.05) is 0 Å². The lowest BCUT2D eigenvalue weighted by molar-refractivity contribution is 0.0696. The number of hydrogen-bond donors (Lipinski definition) is 1. The van der Waals surface area contributed by atoms with E-state index < -0.39 is 11.8 Å². The summed E-state index contributed by atoms with van der Waals surface area (Å²) in [7, 11) is 2.74. The van der Waals surface area contributed by atoms with Gasteiger partial charge in [0.1, 0.15) is 5.82 Å². The van der Waals surface area contributed by atoms with Crippen molar-refractivity contribution in [3.63, 3.8) is 0 Å². The average molecular weight is 311 g/mol. The summed E-state index contributed by atoms with van der Waals surface area (Å²) in [6, 6.07) is 3.47. The zero-order valence-electron chi connectivity index (χ0n) is 11.0. The number of ether oxygens (including phenoxy) is 2. The number of nitrogens with zero attached hydrogens (tertiary/aromatic N) is 3. The van der Waals surface area contributed by atoms with Crippen molar-refractivity contribution in [2.45, 2.75) is 10.1 Å². The van der Waals surface area contributed by atoms with Crippen LogP contribution in [-0.4, -0.2) is 40.2 Å². The lowest BCUT2D eigenvalue weighted by Crippen LogP contribution is -2.01. The van der Waals surface area contributed by atoms with Gasteiger partial charge in [-0.05, 0) is 30.0 Å². The Labute approximate surface area is 123 Å². The van der Waals surface area contributed by atoms with E-state index in [4.69, 9.17) is 14.6 Å². The fourth-order valence-corrected chi connectivity index (χ4v) is 2.16. The Morgan fingerprint density at radius 3 is 2.33 bits per heavy atom. The molecular formula is C12H10FN3O4S. The summed E-state index contributed by atoms with van der Waals surface area (Å²) in [5.41, 5.74) is -0.0353. The standard InChI is InChI=1S/C12H10FN3O4S/c1-19-10-14-11(20-2)16-12(15-10)21-8-5-6(9(17)18)3-4-7(8)13/h3-5H,1-2H3,(H,17,18). The first-order chi connectivity index (χ1) is 10.0. The summed E-state index contributed by atoms with van der Waals surface area (Å²) in [5, 5.41) is 9.04. The lowest BCUT2D eigenvalue weighted by Gasteiger charge is -2.06. The van der Waals surface area contributed by atoms with Crippen LogP contribution in [0.2, 0.25) is 0 Å². The van der Waals surface area contributed by atoms with Crippen LogP contribution in [0.25, 0.3) is 0 Å². The van der Waals surface area contributed by atoms with Crippen LogP contribution in [0.4, 0.5) is 4.39 Å². The largest absolute Gasteiger partial charge is 0.478 e. The van der Waals surface area contributed by atoms with Crippen molar-refractivity contribution in [2.75, 3.05) is 14.2 Å². The second-order valence-corrected chi connectivity index (χ2v) is 4.65. The Balaban J connectivity index is 2.37. The number of hydrogen-bond acceptors (Lipinski definition) is 7. The van der Waals surface area contributed by atoms with Gasteiger partial charge in [-0.15, -0.1) is 4.98 Å². The normalized spacial score (nSPS) is 10.2. The molecule has 21 heavy (non-hydrogen) atoms. The molecule has 0 unspecified atom stereocenters. The number of carbonyl (C=O) groups is 1. The van der Waals surface area contributed by atoms with Gasteiger partial charge >= 0.3 is 18.0 Å². The maximum atomic E-state index is 13.7. The predicted molar refractivity (Wildman–Crippen MR) is 70.4 cm³/mol. The van der Waals surface area contributed by atoms with Crippen LogP contribution in [0, 0.1) is 5.82 Å². The minimum Gasteiger partial charge on any atom is -0.478 e. The molecule has 9 heteroatoms. The molecule has 7 nitrogen and oxygen atoms in total. The molecule has 0 saturated heterocycles. The fraction of sp³-hybridized carbons (Fsp3) is 0.167. The van der Waals surface area contributed by atoms with Crippen LogP contribution in [-0.2, 0) is 0 Å². The topological polar surface area (TPSA) is 94.4 Å². The molecule has 0 amide bonds. The Bertz CT molecular complexity index is 661. The third-order valence-corrected chi connectivity index (χ3v) is 3.22. The summed E-state index contributed by atoms with van der Waals surface area (Å²) in [4.78, 5) is 22.7. The van der Waals surface area contributed by atoms with Crippen molar-refractivity contribution in [3.05, 3.63) is 29.6 Å². The molecule has 0 atom stereocenters. The highest BCUT2D eigenvalue weighted by Crippen LogP contribution is 2.29. The number of benzene rings is 1. The van der Waals surface area contributed by atoms with E-state index in [2.05, 4.69) is 15.0 Å². The van der Waals surface area contributed by atoms with Crippen LogP contribution >= 0.6 is 11.8 Å². The molecule has 0 fully saturated rings. The number of carboxylic acid groups (broad SMARTS) is 1. The van der Waals surface area contributed by atoms with Crippen LogP contribution in [0.1, 0.15) is 10.4 Å². The third kappa shape index (κ3) is 3.57. The number of aromatic nitrogens is 3. The highest BCUT2D eigenvalue weighted by atomic mass is 32.2. The number of aromatic carboxylic acids is 1. The summed E-state index contributed by atoms with van der Waals surface area (Å²) in [5.74, 6) is -1.73. The summed E-state index contributed by atoms with van der Waals surface area (Å²) >= 11 is 0.844. The van der Waals surface area contributed by atoms with Gasteiger partial charge in [-0.25, -0.2) is 9.18 Å². The molecule has 0 aliphatic rings. The molecule has 1 N–H and O–H groups in total. The summed E-state index contributed by atoms with van der Waals surface area (Å²) < 4.78 is 23.5. The van der Waals surface area contributed by atoms with Gasteiger partial charge in [0.25, 0.3) is 0 Å². The second kappa shape index (κ2) is 6.35. The Hall–Kier alpha value is -2.42. The van der Waals surface area contributed by atoms with Gasteiger partial charge in [0.2, 0.25) is 5.16 Å². The predicted octanol–water partition coefficient (Wildman–Crippen LogP) is 1.88. The number of carboxylic acids is 1. The molecule has 0 spiro atoms. The smallest absolute Gasteiger partial charge is 0.335 e. The first kappa shape index (κ1) is 15.0. The molecule has 0 saturated carbocycles. The fourth-order valence-electron chi connectivity index (χ4n) is 1.36. The minimum atomic E-state index is -1.15. The summed E-state index contributed by atoms with van der Waals surface area (Å²) in [6.45, 7) is 0. The van der Waals surface area contributed by atoms with Gasteiger partial charge in [-0.1, -0.05) is 0 Å². The van der Waals surface area contributed by atoms with E-state index in [1.54, 1.807) is 0 Å². The summed E-state index contributed by atoms with van der Waals surface area (Å²) in [6.07, 6.45) is 0. The first-order valence-corrected chi connectivity index (χ1v) is 6.40. The van der Waals surface area contributed by atoms with Gasteiger partial charge in [0.05, 0.1) is 24.7 Å². The van der Waals surface area contributed by atoms with Crippen LogP contribution in [0.3, 0.4) is 0 Å². The van der Waals surface area contributed by atoms with Crippen molar-refractivity contribution in [1.29, 1.82) is 0 Å². The van der Waals surface area contributed by atoms with Gasteiger partial charge < -0.3 is 14.6 Å². The molecule has 2 aromatic rings. The number of rotatable bonds is 5. The van der Waals surface area contributed by atoms with Gasteiger partial charge in [-0.2, -0.15) is 9.97 Å². The van der Waals surface area contributed by atoms with E-state index in [-0.39, 0.29) is 27.6 Å². The van der Waals surface area contributed by atoms with Crippen LogP contribution in [0.5, 0.6) is 12.0 Å². The Kier molecular flexibility index (Phi) is 4.53. The quantitative estimate of drug-likeness (QED) is 0.894. The minimum absolute atomic E-state index is 0.0131. The molecule has 1 aromatic carbocycles. The molecule has 1 heterocycles. The Morgan fingerprint density at radius 1 is 1.19 bits per heavy atom. The van der Waals surface area contributed by atoms with E-state index in [0.29, 0.717) is 0 Å². The van der Waals surface area contributed by atoms with Crippen molar-refractivity contribution >= 4 is 17.7 Å². The van der Waals surface area contributed by atoms with E-state index >= 15 is 0 Å². The van der Waals surface area contributed by atoms with Crippen molar-refractivity contribution < 1.29 is 23.8 Å². The van der Waals surface area contributed by atoms with Crippen molar-refractivity contribution in [2.24, 2.45) is 0 Å². The molecule has 0 aliphatic carbocycles. The molecule has 0 aliphatic heterocycles. The first-order valence-electron chi connectivity index (χ1n) is 5.58. The van der Waals surface area contributed by atoms with Crippen LogP contribution < -0.4 is 9.47 Å². The number of halogens is 1. The van der Waals surface area contributed by atoms with Crippen molar-refractivity contribution in [1.82, 2.24) is 15.0 Å². The average Bonchev–Trinajstić information content (AvgIpc) is 2.48. The van der Waals surface area contributed by atoms with E-state index in [1.807, 2.05) is 0 Å². The zero-order chi connectivity index (χ0) is 15.4. The lowest BCUT2D eigenvalue weighted by atomic mass is 10.2. The maximum absolute atomic E-state index is 13.7. The molecule has 110 valence electrons.